The van der Waals surface area contributed by atoms with Crippen molar-refractivity contribution >= 4 is 34.6 Å². The number of benzene rings is 2. The van der Waals surface area contributed by atoms with Gasteiger partial charge < -0.3 is 5.32 Å². The smallest absolute Gasteiger partial charge is 0.269 e. The number of thiocarbonyl (C=S) groups is 1. The van der Waals surface area contributed by atoms with Crippen LogP contribution in [0.5, 0.6) is 0 Å². The predicted octanol–water partition coefficient (Wildman–Crippen LogP) is 3.59. The predicted molar refractivity (Wildman–Crippen MR) is 97.3 cm³/mol. The summed E-state index contributed by atoms with van der Waals surface area (Å²) >= 11 is 5.13. The van der Waals surface area contributed by atoms with Crippen LogP contribution in [0.3, 0.4) is 0 Å². The van der Waals surface area contributed by atoms with Crippen LogP contribution < -0.4 is 10.6 Å². The Morgan fingerprint density at radius 2 is 1.88 bits per heavy atom. The van der Waals surface area contributed by atoms with Gasteiger partial charge in [0, 0.05) is 23.4 Å². The lowest BCUT2D eigenvalue weighted by Gasteiger charge is -2.11. The summed E-state index contributed by atoms with van der Waals surface area (Å²) in [5.41, 5.74) is 2.93. The van der Waals surface area contributed by atoms with E-state index in [0.29, 0.717) is 16.8 Å². The lowest BCUT2D eigenvalue weighted by molar-refractivity contribution is -0.384. The van der Waals surface area contributed by atoms with E-state index in [1.165, 1.54) is 12.1 Å². The molecule has 6 nitrogen and oxygen atoms in total. The molecule has 0 fully saturated rings. The first kappa shape index (κ1) is 17.6. The standard InChI is InChI=1S/C17H17N3O3S/c1-3-12-4-6-13(7-5-12)16(21)19-17(24)18-15-9-8-14(20(22)23)10-11(15)2/h4-10H,3H2,1-2H3,(H2,18,19,21,24). The number of carbonyl (C=O) groups excluding carboxylic acids is 1. The summed E-state index contributed by atoms with van der Waals surface area (Å²) in [6.45, 7) is 3.77. The summed E-state index contributed by atoms with van der Waals surface area (Å²) in [7, 11) is 0. The third-order valence-corrected chi connectivity index (χ3v) is 3.72. The Kier molecular flexibility index (Phi) is 5.59. The van der Waals surface area contributed by atoms with E-state index in [9.17, 15) is 14.9 Å². The molecule has 2 rings (SSSR count). The molecule has 0 spiro atoms. The molecule has 0 aromatic heterocycles. The van der Waals surface area contributed by atoms with Gasteiger partial charge in [0.25, 0.3) is 11.6 Å². The molecule has 7 heteroatoms. The summed E-state index contributed by atoms with van der Waals surface area (Å²) in [6.07, 6.45) is 0.904. The molecular weight excluding hydrogens is 326 g/mol. The van der Waals surface area contributed by atoms with Crippen molar-refractivity contribution in [2.45, 2.75) is 20.3 Å². The molecule has 1 amide bonds. The zero-order valence-corrected chi connectivity index (χ0v) is 14.1. The molecule has 0 aliphatic rings. The normalized spacial score (nSPS) is 10.1. The third kappa shape index (κ3) is 4.36. The van der Waals surface area contributed by atoms with Crippen LogP contribution in [0.1, 0.15) is 28.4 Å². The number of nitrogens with zero attached hydrogens (tertiary/aromatic N) is 1. The molecule has 24 heavy (non-hydrogen) atoms. The highest BCUT2D eigenvalue weighted by Crippen LogP contribution is 2.21. The van der Waals surface area contributed by atoms with Crippen LogP contribution in [-0.2, 0) is 6.42 Å². The molecule has 0 atom stereocenters. The van der Waals surface area contributed by atoms with Crippen molar-refractivity contribution in [3.8, 4) is 0 Å². The Morgan fingerprint density at radius 3 is 2.42 bits per heavy atom. The summed E-state index contributed by atoms with van der Waals surface area (Å²) in [5, 5.41) is 16.3. The van der Waals surface area contributed by atoms with Gasteiger partial charge in [0.1, 0.15) is 0 Å². The second-order valence-corrected chi connectivity index (χ2v) is 5.62. The summed E-state index contributed by atoms with van der Waals surface area (Å²) in [5.74, 6) is -0.310. The molecule has 0 radical (unpaired) electrons. The number of anilines is 1. The molecule has 2 aromatic rings. The summed E-state index contributed by atoms with van der Waals surface area (Å²) in [4.78, 5) is 22.4. The maximum Gasteiger partial charge on any atom is 0.269 e. The molecule has 0 unspecified atom stereocenters. The number of carbonyl (C=O) groups is 1. The highest BCUT2D eigenvalue weighted by atomic mass is 32.1. The van der Waals surface area contributed by atoms with Crippen LogP contribution in [0.25, 0.3) is 0 Å². The van der Waals surface area contributed by atoms with E-state index in [1.54, 1.807) is 25.1 Å². The monoisotopic (exact) mass is 343 g/mol. The van der Waals surface area contributed by atoms with Gasteiger partial charge in [-0.05, 0) is 54.9 Å². The minimum absolute atomic E-state index is 0.00372. The number of nitrogens with one attached hydrogen (secondary N) is 2. The highest BCUT2D eigenvalue weighted by Gasteiger charge is 2.11. The molecule has 0 heterocycles. The summed E-state index contributed by atoms with van der Waals surface area (Å²) < 4.78 is 0. The molecular formula is C17H17N3O3S. The Hall–Kier alpha value is -2.80. The van der Waals surface area contributed by atoms with E-state index in [2.05, 4.69) is 10.6 Å². The number of hydrogen-bond acceptors (Lipinski definition) is 4. The first-order valence-electron chi connectivity index (χ1n) is 7.37. The van der Waals surface area contributed by atoms with Crippen LogP contribution in [0, 0.1) is 17.0 Å². The Labute approximate surface area is 145 Å². The van der Waals surface area contributed by atoms with Gasteiger partial charge in [0.05, 0.1) is 4.92 Å². The molecule has 2 aromatic carbocycles. The fraction of sp³-hybridized carbons (Fsp3) is 0.176. The van der Waals surface area contributed by atoms with Gasteiger partial charge >= 0.3 is 0 Å². The molecule has 0 aliphatic carbocycles. The van der Waals surface area contributed by atoms with Gasteiger partial charge in [0.15, 0.2) is 5.11 Å². The van der Waals surface area contributed by atoms with E-state index in [4.69, 9.17) is 12.2 Å². The minimum Gasteiger partial charge on any atom is -0.332 e. The third-order valence-electron chi connectivity index (χ3n) is 3.52. The van der Waals surface area contributed by atoms with E-state index >= 15 is 0 Å². The van der Waals surface area contributed by atoms with Crippen LogP contribution >= 0.6 is 12.2 Å². The van der Waals surface area contributed by atoms with Crippen LogP contribution in [0.2, 0.25) is 0 Å². The summed E-state index contributed by atoms with van der Waals surface area (Å²) in [6, 6.07) is 11.7. The maximum atomic E-state index is 12.1. The molecule has 0 aliphatic heterocycles. The second-order valence-electron chi connectivity index (χ2n) is 5.22. The number of hydrogen-bond donors (Lipinski definition) is 2. The van der Waals surface area contributed by atoms with E-state index in [1.807, 2.05) is 19.1 Å². The van der Waals surface area contributed by atoms with Crippen LogP contribution in [0.15, 0.2) is 42.5 Å². The van der Waals surface area contributed by atoms with Gasteiger partial charge in [-0.2, -0.15) is 0 Å². The Bertz CT molecular complexity index is 788. The first-order valence-corrected chi connectivity index (χ1v) is 7.78. The van der Waals surface area contributed by atoms with Crippen LogP contribution in [-0.4, -0.2) is 15.9 Å². The molecule has 124 valence electrons. The average Bonchev–Trinajstić information content (AvgIpc) is 2.56. The quantitative estimate of drug-likeness (QED) is 0.503. The van der Waals surface area contributed by atoms with Crippen molar-refractivity contribution in [3.63, 3.8) is 0 Å². The lowest BCUT2D eigenvalue weighted by atomic mass is 10.1. The minimum atomic E-state index is -0.461. The fourth-order valence-corrected chi connectivity index (χ4v) is 2.32. The van der Waals surface area contributed by atoms with Crippen molar-refractivity contribution in [3.05, 3.63) is 69.3 Å². The van der Waals surface area contributed by atoms with Crippen LogP contribution in [0.4, 0.5) is 11.4 Å². The van der Waals surface area contributed by atoms with Gasteiger partial charge in [0.2, 0.25) is 0 Å². The highest BCUT2D eigenvalue weighted by molar-refractivity contribution is 7.80. The largest absolute Gasteiger partial charge is 0.332 e. The topological polar surface area (TPSA) is 84.3 Å². The fourth-order valence-electron chi connectivity index (χ4n) is 2.12. The molecule has 0 saturated heterocycles. The number of amides is 1. The SMILES string of the molecule is CCc1ccc(C(=O)NC(=S)Nc2ccc([N+](=O)[O-])cc2C)cc1. The zero-order chi connectivity index (χ0) is 17.7. The van der Waals surface area contributed by atoms with Gasteiger partial charge in [-0.1, -0.05) is 19.1 Å². The molecule has 2 N–H and O–H groups in total. The first-order chi connectivity index (χ1) is 11.4. The van der Waals surface area contributed by atoms with Gasteiger partial charge in [-0.25, -0.2) is 0 Å². The van der Waals surface area contributed by atoms with Crippen molar-refractivity contribution in [1.82, 2.24) is 5.32 Å². The Balaban J connectivity index is 2.02. The maximum absolute atomic E-state index is 12.1. The van der Waals surface area contributed by atoms with Crippen molar-refractivity contribution in [1.29, 1.82) is 0 Å². The number of rotatable bonds is 4. The van der Waals surface area contributed by atoms with Gasteiger partial charge in [-0.15, -0.1) is 0 Å². The zero-order valence-electron chi connectivity index (χ0n) is 13.3. The lowest BCUT2D eigenvalue weighted by Crippen LogP contribution is -2.34. The van der Waals surface area contributed by atoms with Crippen molar-refractivity contribution in [2.75, 3.05) is 5.32 Å². The van der Waals surface area contributed by atoms with E-state index in [-0.39, 0.29) is 16.7 Å². The van der Waals surface area contributed by atoms with Crippen molar-refractivity contribution in [2.24, 2.45) is 0 Å². The average molecular weight is 343 g/mol. The number of nitro groups is 1. The number of aryl methyl sites for hydroxylation is 2. The number of nitro benzene ring substituents is 1. The second kappa shape index (κ2) is 7.65. The Morgan fingerprint density at radius 1 is 1.21 bits per heavy atom. The van der Waals surface area contributed by atoms with Crippen molar-refractivity contribution < 1.29 is 9.72 Å². The van der Waals surface area contributed by atoms with E-state index < -0.39 is 4.92 Å². The molecule has 0 bridgehead atoms. The number of non-ortho nitro benzene ring substituents is 1. The molecule has 0 saturated carbocycles. The van der Waals surface area contributed by atoms with Gasteiger partial charge in [-0.3, -0.25) is 20.2 Å². The van der Waals surface area contributed by atoms with E-state index in [0.717, 1.165) is 12.0 Å².